The number of sulfonamides is 1. The van der Waals surface area contributed by atoms with E-state index in [2.05, 4.69) is 0 Å². The molecule has 0 saturated heterocycles. The lowest BCUT2D eigenvalue weighted by atomic mass is 10.3. The molecule has 0 unspecified atom stereocenters. The van der Waals surface area contributed by atoms with Gasteiger partial charge in [0.15, 0.2) is 0 Å². The predicted octanol–water partition coefficient (Wildman–Crippen LogP) is 2.46. The van der Waals surface area contributed by atoms with Gasteiger partial charge in [0.05, 0.1) is 6.54 Å². The Bertz CT molecular complexity index is 538. The summed E-state index contributed by atoms with van der Waals surface area (Å²) in [6.07, 6.45) is -2.93. The van der Waals surface area contributed by atoms with Crippen LogP contribution in [0.2, 0.25) is 0 Å². The third kappa shape index (κ3) is 4.05. The second-order valence-corrected chi connectivity index (χ2v) is 5.80. The summed E-state index contributed by atoms with van der Waals surface area (Å²) in [5.74, 6) is -2.53. The van der Waals surface area contributed by atoms with Crippen molar-refractivity contribution in [1.29, 1.82) is 0 Å². The average Bonchev–Trinajstić information content (AvgIpc) is 2.27. The summed E-state index contributed by atoms with van der Waals surface area (Å²) in [6.45, 7) is -1.50. The van der Waals surface area contributed by atoms with E-state index >= 15 is 0 Å². The third-order valence-electron chi connectivity index (χ3n) is 2.19. The van der Waals surface area contributed by atoms with Crippen molar-refractivity contribution in [2.24, 2.45) is 0 Å². The highest BCUT2D eigenvalue weighted by Gasteiger charge is 2.29. The summed E-state index contributed by atoms with van der Waals surface area (Å²) in [6, 6.07) is 1.79. The molecule has 0 atom stereocenters. The molecule has 0 aliphatic rings. The van der Waals surface area contributed by atoms with E-state index in [4.69, 9.17) is 11.6 Å². The van der Waals surface area contributed by atoms with E-state index < -0.39 is 46.1 Å². The van der Waals surface area contributed by atoms with Crippen LogP contribution < -0.4 is 0 Å². The highest BCUT2D eigenvalue weighted by Crippen LogP contribution is 2.21. The van der Waals surface area contributed by atoms with Crippen LogP contribution in [0.4, 0.5) is 17.6 Å². The van der Waals surface area contributed by atoms with Crippen molar-refractivity contribution in [2.45, 2.75) is 11.3 Å². The van der Waals surface area contributed by atoms with Gasteiger partial charge in [-0.15, -0.1) is 11.6 Å². The smallest absolute Gasteiger partial charge is 0.209 e. The molecular weight excluding hydrogens is 310 g/mol. The van der Waals surface area contributed by atoms with Gasteiger partial charge in [-0.1, -0.05) is 0 Å². The van der Waals surface area contributed by atoms with Gasteiger partial charge in [0.25, 0.3) is 6.43 Å². The molecule has 0 aliphatic carbocycles. The Kier molecular flexibility index (Phi) is 5.57. The lowest BCUT2D eigenvalue weighted by Crippen LogP contribution is -2.37. The van der Waals surface area contributed by atoms with Crippen LogP contribution in [0.15, 0.2) is 23.1 Å². The SMILES string of the molecule is O=S(=O)(c1ccc(F)cc1F)N(CCCl)CC(F)F. The van der Waals surface area contributed by atoms with E-state index in [-0.39, 0.29) is 5.88 Å². The van der Waals surface area contributed by atoms with Gasteiger partial charge >= 0.3 is 0 Å². The zero-order valence-corrected chi connectivity index (χ0v) is 11.1. The fraction of sp³-hybridized carbons (Fsp3) is 0.400. The lowest BCUT2D eigenvalue weighted by Gasteiger charge is -2.21. The topological polar surface area (TPSA) is 37.4 Å². The molecule has 0 heterocycles. The summed E-state index contributed by atoms with van der Waals surface area (Å²) in [4.78, 5) is -0.861. The second kappa shape index (κ2) is 6.53. The first-order valence-electron chi connectivity index (χ1n) is 5.08. The fourth-order valence-corrected chi connectivity index (χ4v) is 3.15. The highest BCUT2D eigenvalue weighted by molar-refractivity contribution is 7.89. The molecule has 0 saturated carbocycles. The van der Waals surface area contributed by atoms with Gasteiger partial charge in [0.2, 0.25) is 10.0 Å². The summed E-state index contributed by atoms with van der Waals surface area (Å²) in [5, 5.41) is 0. The molecule has 3 nitrogen and oxygen atoms in total. The maximum absolute atomic E-state index is 13.4. The molecule has 0 aliphatic heterocycles. The van der Waals surface area contributed by atoms with Gasteiger partial charge in [0, 0.05) is 18.5 Å². The molecule has 0 spiro atoms. The molecule has 0 fully saturated rings. The minimum Gasteiger partial charge on any atom is -0.209 e. The van der Waals surface area contributed by atoms with Crippen molar-refractivity contribution >= 4 is 21.6 Å². The number of benzene rings is 1. The average molecular weight is 320 g/mol. The molecule has 108 valence electrons. The van der Waals surface area contributed by atoms with Crippen molar-refractivity contribution in [2.75, 3.05) is 19.0 Å². The number of hydrogen-bond donors (Lipinski definition) is 0. The molecule has 0 radical (unpaired) electrons. The quantitative estimate of drug-likeness (QED) is 0.596. The maximum Gasteiger partial charge on any atom is 0.252 e. The van der Waals surface area contributed by atoms with Crippen LogP contribution in [0.1, 0.15) is 0 Å². The van der Waals surface area contributed by atoms with E-state index in [0.717, 1.165) is 6.07 Å². The normalized spacial score (nSPS) is 12.4. The van der Waals surface area contributed by atoms with Gasteiger partial charge in [-0.25, -0.2) is 26.0 Å². The standard InChI is InChI=1S/C10H10ClF4NO2S/c11-3-4-16(6-10(14)15)19(17,18)9-2-1-7(12)5-8(9)13/h1-2,5,10H,3-4,6H2. The Hall–Kier alpha value is -0.860. The molecule has 1 aromatic carbocycles. The molecule has 0 N–H and O–H groups in total. The van der Waals surface area contributed by atoms with Crippen LogP contribution in [-0.2, 0) is 10.0 Å². The van der Waals surface area contributed by atoms with Crippen LogP contribution >= 0.6 is 11.6 Å². The van der Waals surface area contributed by atoms with Gasteiger partial charge in [-0.2, -0.15) is 4.31 Å². The van der Waals surface area contributed by atoms with E-state index in [9.17, 15) is 26.0 Å². The summed E-state index contributed by atoms with van der Waals surface area (Å²) >= 11 is 5.33. The minimum atomic E-state index is -4.48. The van der Waals surface area contributed by atoms with E-state index in [1.807, 2.05) is 0 Å². The van der Waals surface area contributed by atoms with Crippen molar-refractivity contribution < 1.29 is 26.0 Å². The van der Waals surface area contributed by atoms with Crippen LogP contribution in [0, 0.1) is 11.6 Å². The lowest BCUT2D eigenvalue weighted by molar-refractivity contribution is 0.121. The second-order valence-electron chi connectivity index (χ2n) is 3.52. The van der Waals surface area contributed by atoms with Crippen LogP contribution in [-0.4, -0.2) is 38.1 Å². The summed E-state index contributed by atoms with van der Waals surface area (Å²) in [5.41, 5.74) is 0. The van der Waals surface area contributed by atoms with Crippen molar-refractivity contribution in [1.82, 2.24) is 4.31 Å². The Balaban J connectivity index is 3.18. The Labute approximate surface area is 112 Å². The summed E-state index contributed by atoms with van der Waals surface area (Å²) in [7, 11) is -4.48. The number of halogens is 5. The number of hydrogen-bond acceptors (Lipinski definition) is 2. The number of nitrogens with zero attached hydrogens (tertiary/aromatic N) is 1. The van der Waals surface area contributed by atoms with Gasteiger partial charge in [-0.3, -0.25) is 0 Å². The molecule has 19 heavy (non-hydrogen) atoms. The van der Waals surface area contributed by atoms with E-state index in [1.54, 1.807) is 0 Å². The molecule has 9 heteroatoms. The van der Waals surface area contributed by atoms with Gasteiger partial charge < -0.3 is 0 Å². The highest BCUT2D eigenvalue weighted by atomic mass is 35.5. The predicted molar refractivity (Wildman–Crippen MR) is 61.8 cm³/mol. The van der Waals surface area contributed by atoms with E-state index in [1.165, 1.54) is 0 Å². The van der Waals surface area contributed by atoms with Crippen LogP contribution in [0.5, 0.6) is 0 Å². The zero-order chi connectivity index (χ0) is 14.6. The fourth-order valence-electron chi connectivity index (χ4n) is 1.38. The van der Waals surface area contributed by atoms with Crippen molar-refractivity contribution in [3.05, 3.63) is 29.8 Å². The zero-order valence-electron chi connectivity index (χ0n) is 9.49. The Morgan fingerprint density at radius 2 is 1.89 bits per heavy atom. The first kappa shape index (κ1) is 16.2. The summed E-state index contributed by atoms with van der Waals surface area (Å²) < 4.78 is 75.0. The monoisotopic (exact) mass is 319 g/mol. The first-order valence-corrected chi connectivity index (χ1v) is 7.06. The van der Waals surface area contributed by atoms with Crippen LogP contribution in [0.25, 0.3) is 0 Å². The molecule has 0 amide bonds. The number of alkyl halides is 3. The maximum atomic E-state index is 13.4. The number of rotatable bonds is 6. The molecule has 1 rings (SSSR count). The Morgan fingerprint density at radius 3 is 2.37 bits per heavy atom. The van der Waals surface area contributed by atoms with Crippen molar-refractivity contribution in [3.8, 4) is 0 Å². The molecule has 0 aromatic heterocycles. The van der Waals surface area contributed by atoms with Gasteiger partial charge in [0.1, 0.15) is 16.5 Å². The molecule has 0 bridgehead atoms. The van der Waals surface area contributed by atoms with Crippen molar-refractivity contribution in [3.63, 3.8) is 0 Å². The van der Waals surface area contributed by atoms with E-state index in [0.29, 0.717) is 16.4 Å². The molecular formula is C10H10ClF4NO2S. The first-order chi connectivity index (χ1) is 8.78. The largest absolute Gasteiger partial charge is 0.252 e. The third-order valence-corrected chi connectivity index (χ3v) is 4.25. The van der Waals surface area contributed by atoms with Crippen LogP contribution in [0.3, 0.4) is 0 Å². The molecule has 1 aromatic rings. The minimum absolute atomic E-state index is 0.227. The Morgan fingerprint density at radius 1 is 1.26 bits per heavy atom. The van der Waals surface area contributed by atoms with Gasteiger partial charge in [-0.05, 0) is 12.1 Å².